The van der Waals surface area contributed by atoms with Gasteiger partial charge in [0.2, 0.25) is 0 Å². The Morgan fingerprint density at radius 1 is 1.22 bits per heavy atom. The molecule has 18 heavy (non-hydrogen) atoms. The van der Waals surface area contributed by atoms with Gasteiger partial charge >= 0.3 is 0 Å². The number of hydrogen-bond acceptors (Lipinski definition) is 5. The van der Waals surface area contributed by atoms with E-state index in [-0.39, 0.29) is 5.75 Å². The van der Waals surface area contributed by atoms with E-state index in [4.69, 9.17) is 5.73 Å². The van der Waals surface area contributed by atoms with E-state index in [0.717, 1.165) is 4.88 Å². The molecule has 1 unspecified atom stereocenters. The summed E-state index contributed by atoms with van der Waals surface area (Å²) in [7, 11) is -5.23. The van der Waals surface area contributed by atoms with Crippen molar-refractivity contribution in [1.29, 1.82) is 0 Å². The van der Waals surface area contributed by atoms with Gasteiger partial charge in [-0.3, -0.25) is 4.21 Å². The number of unbranched alkanes of at least 4 members (excludes halogenated alkanes) is 1. The molecule has 0 aliphatic carbocycles. The van der Waals surface area contributed by atoms with Crippen molar-refractivity contribution >= 4 is 36.6 Å². The van der Waals surface area contributed by atoms with Crippen LogP contribution in [0.3, 0.4) is 0 Å². The summed E-state index contributed by atoms with van der Waals surface area (Å²) >= 11 is 1.22. The number of nitrogens with two attached hydrogens (primary N) is 1. The Kier molecular flexibility index (Phi) is 5.39. The predicted octanol–water partition coefficient (Wildman–Crippen LogP) is 1.11. The lowest BCUT2D eigenvalue weighted by molar-refractivity contribution is 0.594. The lowest BCUT2D eigenvalue weighted by Crippen LogP contribution is -2.08. The Labute approximate surface area is 113 Å². The first kappa shape index (κ1) is 15.7. The average Bonchev–Trinajstić information content (AvgIpc) is 2.72. The van der Waals surface area contributed by atoms with E-state index in [1.165, 1.54) is 11.3 Å². The highest BCUT2D eigenvalue weighted by Crippen LogP contribution is 2.23. The van der Waals surface area contributed by atoms with Gasteiger partial charge in [-0.05, 0) is 40.4 Å². The lowest BCUT2D eigenvalue weighted by atomic mass is 10.4. The van der Waals surface area contributed by atoms with Crippen LogP contribution in [-0.4, -0.2) is 36.3 Å². The summed E-state index contributed by atoms with van der Waals surface area (Å²) in [6, 6.07) is 3.35. The van der Waals surface area contributed by atoms with E-state index in [1.807, 2.05) is 0 Å². The molecule has 1 aromatic heterocycles. The number of thiophene rings is 1. The summed E-state index contributed by atoms with van der Waals surface area (Å²) in [6.07, 6.45) is 2.72. The molecule has 0 aliphatic rings. The van der Waals surface area contributed by atoms with Crippen molar-refractivity contribution < 1.29 is 12.6 Å². The minimum Gasteiger partial charge on any atom is -0.326 e. The minimum atomic E-state index is -3.22. The Bertz CT molecular complexity index is 585. The van der Waals surface area contributed by atoms with Crippen molar-refractivity contribution in [1.82, 2.24) is 0 Å². The molecule has 4 nitrogen and oxygen atoms in total. The molecule has 0 fully saturated rings. The standard InChI is InChI=1S/C11H19NO3S3/c1-17(2,13)7-3-4-8-18(14,15)11-6-5-10(9-12)16-11/h5-6H,1,3-4,7-9,12H2,2H3. The largest absolute Gasteiger partial charge is 0.326 e. The van der Waals surface area contributed by atoms with Crippen molar-refractivity contribution in [2.75, 3.05) is 17.8 Å². The van der Waals surface area contributed by atoms with Crippen LogP contribution in [0.15, 0.2) is 16.3 Å². The van der Waals surface area contributed by atoms with Crippen molar-refractivity contribution in [3.8, 4) is 0 Å². The Morgan fingerprint density at radius 3 is 2.33 bits per heavy atom. The summed E-state index contributed by atoms with van der Waals surface area (Å²) in [6.45, 7) is 0.361. The van der Waals surface area contributed by atoms with Gasteiger partial charge in [0.25, 0.3) is 0 Å². The van der Waals surface area contributed by atoms with Crippen LogP contribution in [0.5, 0.6) is 0 Å². The highest BCUT2D eigenvalue weighted by atomic mass is 32.2. The average molecular weight is 309 g/mol. The smallest absolute Gasteiger partial charge is 0.187 e. The van der Waals surface area contributed by atoms with Crippen LogP contribution >= 0.6 is 11.3 Å². The Morgan fingerprint density at radius 2 is 1.83 bits per heavy atom. The molecule has 7 heteroatoms. The van der Waals surface area contributed by atoms with Gasteiger partial charge < -0.3 is 5.73 Å². The predicted molar refractivity (Wildman–Crippen MR) is 79.6 cm³/mol. The third kappa shape index (κ3) is 5.09. The normalized spacial score (nSPS) is 15.4. The number of hydrogen-bond donors (Lipinski definition) is 1. The Balaban J connectivity index is 2.55. The molecule has 104 valence electrons. The molecule has 0 aromatic carbocycles. The van der Waals surface area contributed by atoms with Crippen molar-refractivity contribution in [2.24, 2.45) is 5.73 Å². The highest BCUT2D eigenvalue weighted by molar-refractivity contribution is 7.99. The zero-order valence-corrected chi connectivity index (χ0v) is 12.9. The van der Waals surface area contributed by atoms with E-state index in [0.29, 0.717) is 29.3 Å². The first-order valence-corrected chi connectivity index (χ1v) is 10.3. The zero-order valence-electron chi connectivity index (χ0n) is 10.4. The summed E-state index contributed by atoms with van der Waals surface area (Å²) in [5.41, 5.74) is 5.45. The second-order valence-electron chi connectivity index (χ2n) is 4.34. The van der Waals surface area contributed by atoms with Gasteiger partial charge in [-0.2, -0.15) is 0 Å². The van der Waals surface area contributed by atoms with Crippen LogP contribution in [-0.2, 0) is 25.9 Å². The maximum absolute atomic E-state index is 12.0. The molecule has 0 spiro atoms. The van der Waals surface area contributed by atoms with Crippen LogP contribution in [0, 0.1) is 0 Å². The quantitative estimate of drug-likeness (QED) is 0.604. The van der Waals surface area contributed by atoms with Crippen molar-refractivity contribution in [2.45, 2.75) is 23.6 Å². The SMILES string of the molecule is C=S(C)(=O)CCCCS(=O)(=O)c1ccc(CN)s1. The van der Waals surface area contributed by atoms with Crippen molar-refractivity contribution in [3.05, 3.63) is 17.0 Å². The second-order valence-corrected chi connectivity index (χ2v) is 10.6. The van der Waals surface area contributed by atoms with Crippen LogP contribution < -0.4 is 5.73 Å². The minimum absolute atomic E-state index is 0.0903. The van der Waals surface area contributed by atoms with E-state index in [2.05, 4.69) is 5.87 Å². The van der Waals surface area contributed by atoms with Gasteiger partial charge in [0.15, 0.2) is 9.84 Å². The summed E-state index contributed by atoms with van der Waals surface area (Å²) < 4.78 is 35.7. The zero-order chi connectivity index (χ0) is 13.8. The molecule has 0 saturated carbocycles. The molecule has 0 saturated heterocycles. The summed E-state index contributed by atoms with van der Waals surface area (Å²) in [5, 5.41) is 0. The fourth-order valence-electron chi connectivity index (χ4n) is 1.44. The van der Waals surface area contributed by atoms with Crippen LogP contribution in [0.25, 0.3) is 0 Å². The van der Waals surface area contributed by atoms with Crippen LogP contribution in [0.2, 0.25) is 0 Å². The third-order valence-electron chi connectivity index (χ3n) is 2.38. The van der Waals surface area contributed by atoms with E-state index < -0.39 is 19.4 Å². The molecule has 2 N–H and O–H groups in total. The lowest BCUT2D eigenvalue weighted by Gasteiger charge is -2.03. The first-order valence-electron chi connectivity index (χ1n) is 5.56. The van der Waals surface area contributed by atoms with Gasteiger partial charge in [0, 0.05) is 23.4 Å². The fourth-order valence-corrected chi connectivity index (χ4v) is 5.00. The van der Waals surface area contributed by atoms with Gasteiger partial charge in [0.1, 0.15) is 4.21 Å². The maximum Gasteiger partial charge on any atom is 0.187 e. The second kappa shape index (κ2) is 6.18. The van der Waals surface area contributed by atoms with Gasteiger partial charge in [-0.25, -0.2) is 8.42 Å². The molecular formula is C11H19NO3S3. The molecule has 1 rings (SSSR count). The van der Waals surface area contributed by atoms with E-state index >= 15 is 0 Å². The molecule has 0 bridgehead atoms. The first-order chi connectivity index (χ1) is 8.24. The third-order valence-corrected chi connectivity index (χ3v) is 7.03. The van der Waals surface area contributed by atoms with Crippen molar-refractivity contribution in [3.63, 3.8) is 0 Å². The highest BCUT2D eigenvalue weighted by Gasteiger charge is 2.16. The van der Waals surface area contributed by atoms with E-state index in [1.54, 1.807) is 18.4 Å². The molecule has 0 radical (unpaired) electrons. The topological polar surface area (TPSA) is 77.2 Å². The maximum atomic E-state index is 12.0. The molecular weight excluding hydrogens is 290 g/mol. The van der Waals surface area contributed by atoms with Gasteiger partial charge in [0.05, 0.1) is 5.75 Å². The van der Waals surface area contributed by atoms with Gasteiger partial charge in [-0.15, -0.1) is 11.3 Å². The monoisotopic (exact) mass is 309 g/mol. The number of sulfone groups is 1. The Hall–Kier alpha value is -0.370. The molecule has 1 heterocycles. The van der Waals surface area contributed by atoms with Gasteiger partial charge in [-0.1, -0.05) is 0 Å². The summed E-state index contributed by atoms with van der Waals surface area (Å²) in [5.74, 6) is 4.11. The molecule has 0 aliphatic heterocycles. The van der Waals surface area contributed by atoms with Crippen LogP contribution in [0.4, 0.5) is 0 Å². The molecule has 1 aromatic rings. The van der Waals surface area contributed by atoms with Crippen LogP contribution in [0.1, 0.15) is 17.7 Å². The van der Waals surface area contributed by atoms with E-state index in [9.17, 15) is 12.6 Å². The molecule has 0 amide bonds. The number of rotatable bonds is 7. The summed E-state index contributed by atoms with van der Waals surface area (Å²) in [4.78, 5) is 0.864. The fraction of sp³-hybridized carbons (Fsp3) is 0.545. The molecule has 1 atom stereocenters.